The van der Waals surface area contributed by atoms with Gasteiger partial charge in [0.1, 0.15) is 5.78 Å². The minimum Gasteiger partial charge on any atom is -0.288 e. The molecule has 6 nitrogen and oxygen atoms in total. The van der Waals surface area contributed by atoms with E-state index in [9.17, 15) is 4.57 Å². The first-order valence-corrected chi connectivity index (χ1v) is 9.44. The molecule has 1 saturated heterocycles. The van der Waals surface area contributed by atoms with Crippen LogP contribution in [0.1, 0.15) is 37.0 Å². The molecule has 3 atom stereocenters. The normalized spacial score (nSPS) is 29.5. The summed E-state index contributed by atoms with van der Waals surface area (Å²) >= 11 is 0. The van der Waals surface area contributed by atoms with E-state index in [1.54, 1.807) is 0 Å². The van der Waals surface area contributed by atoms with Gasteiger partial charge in [-0.3, -0.25) is 4.57 Å². The van der Waals surface area contributed by atoms with Crippen molar-refractivity contribution in [3.63, 3.8) is 0 Å². The van der Waals surface area contributed by atoms with Gasteiger partial charge in [0.05, 0.1) is 0 Å². The summed E-state index contributed by atoms with van der Waals surface area (Å²) in [5.74, 6) is -0.653. The zero-order valence-corrected chi connectivity index (χ0v) is 13.9. The first-order valence-electron chi connectivity index (χ1n) is 7.76. The highest BCUT2D eigenvalue weighted by molar-refractivity contribution is 7.59. The van der Waals surface area contributed by atoms with Crippen molar-refractivity contribution in [2.24, 2.45) is 5.11 Å². The van der Waals surface area contributed by atoms with Crippen molar-refractivity contribution in [2.75, 3.05) is 14.1 Å². The van der Waals surface area contributed by atoms with Crippen LogP contribution in [0, 0.1) is 0 Å². The van der Waals surface area contributed by atoms with E-state index in [0.29, 0.717) is 12.1 Å². The van der Waals surface area contributed by atoms with Crippen LogP contribution in [0.5, 0.6) is 0 Å². The van der Waals surface area contributed by atoms with E-state index < -0.39 is 13.2 Å². The molecular formula is C15H22N5OP. The van der Waals surface area contributed by atoms with Crippen molar-refractivity contribution < 1.29 is 4.57 Å². The van der Waals surface area contributed by atoms with E-state index in [1.807, 2.05) is 53.8 Å². The molecule has 3 rings (SSSR count). The Bertz CT molecular complexity index is 608. The summed E-state index contributed by atoms with van der Waals surface area (Å²) in [5.41, 5.74) is 9.82. The standard InChI is InChI=1S/C15H22N5OP/c1-19-13-10-6-7-11-14(13)20(2)22(19,21)15(17-18-16)12-8-4-3-5-9-12/h3-5,8-9,13-15H,6-7,10-11H2,1-2H3/t13-,14-,15+/m1/s1. The average Bonchev–Trinajstić information content (AvgIpc) is 2.76. The zero-order chi connectivity index (χ0) is 15.7. The van der Waals surface area contributed by atoms with Gasteiger partial charge < -0.3 is 0 Å². The zero-order valence-electron chi connectivity index (χ0n) is 13.0. The Balaban J connectivity index is 2.06. The maximum Gasteiger partial charge on any atom is 0.229 e. The highest BCUT2D eigenvalue weighted by Gasteiger charge is 2.55. The van der Waals surface area contributed by atoms with Crippen molar-refractivity contribution in [3.05, 3.63) is 46.3 Å². The van der Waals surface area contributed by atoms with Crippen LogP contribution in [0.3, 0.4) is 0 Å². The van der Waals surface area contributed by atoms with E-state index in [2.05, 4.69) is 10.0 Å². The predicted molar refractivity (Wildman–Crippen MR) is 87.5 cm³/mol. The summed E-state index contributed by atoms with van der Waals surface area (Å²) in [7, 11) is 0.894. The molecule has 1 heterocycles. The van der Waals surface area contributed by atoms with Crippen LogP contribution in [-0.4, -0.2) is 35.5 Å². The van der Waals surface area contributed by atoms with Gasteiger partial charge in [-0.1, -0.05) is 48.3 Å². The van der Waals surface area contributed by atoms with Crippen molar-refractivity contribution in [2.45, 2.75) is 43.5 Å². The van der Waals surface area contributed by atoms with Crippen LogP contribution >= 0.6 is 7.44 Å². The maximum absolute atomic E-state index is 13.9. The topological polar surface area (TPSA) is 72.3 Å². The number of hydrogen-bond acceptors (Lipinski definition) is 2. The molecule has 0 radical (unpaired) electrons. The fraction of sp³-hybridized carbons (Fsp3) is 0.600. The lowest BCUT2D eigenvalue weighted by Crippen LogP contribution is -2.37. The first-order chi connectivity index (χ1) is 10.6. The van der Waals surface area contributed by atoms with Crippen molar-refractivity contribution in [3.8, 4) is 0 Å². The molecule has 0 unspecified atom stereocenters. The number of azide groups is 1. The quantitative estimate of drug-likeness (QED) is 0.359. The van der Waals surface area contributed by atoms with Gasteiger partial charge in [0.15, 0.2) is 0 Å². The molecule has 22 heavy (non-hydrogen) atoms. The monoisotopic (exact) mass is 319 g/mol. The minimum absolute atomic E-state index is 0.296. The molecule has 0 amide bonds. The van der Waals surface area contributed by atoms with Gasteiger partial charge in [-0.05, 0) is 38.0 Å². The fourth-order valence-electron chi connectivity index (χ4n) is 3.96. The molecule has 0 bridgehead atoms. The third kappa shape index (κ3) is 2.27. The predicted octanol–water partition coefficient (Wildman–Crippen LogP) is 4.38. The second kappa shape index (κ2) is 6.05. The second-order valence-electron chi connectivity index (χ2n) is 6.14. The Labute approximate surface area is 131 Å². The Morgan fingerprint density at radius 3 is 2.23 bits per heavy atom. The smallest absolute Gasteiger partial charge is 0.229 e. The number of likely N-dealkylation sites (N-methyl/N-ethyl adjacent to an activating group) is 2. The van der Waals surface area contributed by atoms with Gasteiger partial charge in [0, 0.05) is 17.0 Å². The lowest BCUT2D eigenvalue weighted by Gasteiger charge is -2.32. The number of hydrogen-bond donors (Lipinski definition) is 0. The van der Waals surface area contributed by atoms with E-state index in [0.717, 1.165) is 18.4 Å². The van der Waals surface area contributed by atoms with Gasteiger partial charge >= 0.3 is 0 Å². The van der Waals surface area contributed by atoms with Gasteiger partial charge in [-0.2, -0.15) is 0 Å². The summed E-state index contributed by atoms with van der Waals surface area (Å²) in [6, 6.07) is 10.1. The molecule has 2 fully saturated rings. The van der Waals surface area contributed by atoms with E-state index >= 15 is 0 Å². The van der Waals surface area contributed by atoms with Crippen LogP contribution < -0.4 is 0 Å². The average molecular weight is 319 g/mol. The third-order valence-electron chi connectivity index (χ3n) is 5.14. The molecule has 1 saturated carbocycles. The molecule has 1 aliphatic heterocycles. The molecule has 0 spiro atoms. The van der Waals surface area contributed by atoms with Gasteiger partial charge in [0.2, 0.25) is 7.44 Å². The number of nitrogens with zero attached hydrogens (tertiary/aromatic N) is 5. The van der Waals surface area contributed by atoms with Crippen LogP contribution in [0.4, 0.5) is 0 Å². The summed E-state index contributed by atoms with van der Waals surface area (Å²) < 4.78 is 17.9. The van der Waals surface area contributed by atoms with E-state index in [1.165, 1.54) is 12.8 Å². The third-order valence-corrected chi connectivity index (χ3v) is 8.58. The van der Waals surface area contributed by atoms with Crippen LogP contribution in [-0.2, 0) is 4.57 Å². The Hall–Kier alpha value is -1.32. The highest BCUT2D eigenvalue weighted by Crippen LogP contribution is 2.70. The van der Waals surface area contributed by atoms with Gasteiger partial charge in [-0.15, -0.1) is 0 Å². The second-order valence-corrected chi connectivity index (χ2v) is 9.07. The van der Waals surface area contributed by atoms with Gasteiger partial charge in [-0.25, -0.2) is 9.34 Å². The fourth-order valence-corrected chi connectivity index (χ4v) is 7.22. The lowest BCUT2D eigenvalue weighted by molar-refractivity contribution is 0.233. The summed E-state index contributed by atoms with van der Waals surface area (Å²) in [4.78, 5) is 2.99. The van der Waals surface area contributed by atoms with Crippen molar-refractivity contribution in [1.82, 2.24) is 9.34 Å². The molecule has 118 valence electrons. The number of benzene rings is 1. The number of rotatable bonds is 3. The van der Waals surface area contributed by atoms with Crippen molar-refractivity contribution in [1.29, 1.82) is 0 Å². The minimum atomic E-state index is -2.96. The molecule has 7 heteroatoms. The molecule has 1 aromatic rings. The van der Waals surface area contributed by atoms with Crippen LogP contribution in [0.2, 0.25) is 0 Å². The van der Waals surface area contributed by atoms with Crippen molar-refractivity contribution >= 4 is 7.44 Å². The first kappa shape index (κ1) is 15.6. The summed E-state index contributed by atoms with van der Waals surface area (Å²) in [6.45, 7) is 0. The van der Waals surface area contributed by atoms with E-state index in [4.69, 9.17) is 5.53 Å². The SMILES string of the molecule is CN1[C@@H]2CCCC[C@H]2N(C)P1(=O)[C@H](N=[N+]=[N-])c1ccccc1. The molecular weight excluding hydrogens is 297 g/mol. The largest absolute Gasteiger partial charge is 0.288 e. The molecule has 1 aromatic carbocycles. The molecule has 0 aromatic heterocycles. The Morgan fingerprint density at radius 2 is 1.73 bits per heavy atom. The van der Waals surface area contributed by atoms with E-state index in [-0.39, 0.29) is 0 Å². The van der Waals surface area contributed by atoms with Crippen LogP contribution in [0.15, 0.2) is 35.4 Å². The highest BCUT2D eigenvalue weighted by atomic mass is 31.2. The molecule has 1 aliphatic carbocycles. The molecule has 0 N–H and O–H groups in total. The number of fused-ring (bicyclic) bond motifs is 1. The Kier molecular flexibility index (Phi) is 4.28. The summed E-state index contributed by atoms with van der Waals surface area (Å²) in [5, 5.41) is 3.94. The van der Waals surface area contributed by atoms with Crippen LogP contribution in [0.25, 0.3) is 10.4 Å². The molecule has 2 aliphatic rings. The Morgan fingerprint density at radius 1 is 1.18 bits per heavy atom. The summed E-state index contributed by atoms with van der Waals surface area (Å²) in [6.07, 6.45) is 4.48. The van der Waals surface area contributed by atoms with Gasteiger partial charge in [0.25, 0.3) is 0 Å². The lowest BCUT2D eigenvalue weighted by atomic mass is 9.91. The maximum atomic E-state index is 13.9.